The predicted octanol–water partition coefficient (Wildman–Crippen LogP) is 2.01. The van der Waals surface area contributed by atoms with Gasteiger partial charge in [-0.2, -0.15) is 0 Å². The zero-order valence-electron chi connectivity index (χ0n) is 6.35. The largest absolute Gasteiger partial charge is 0.375 e. The average molecular weight is 125 g/mol. The Morgan fingerprint density at radius 3 is 2.33 bits per heavy atom. The maximum atomic E-state index is 2.44. The van der Waals surface area contributed by atoms with E-state index < -0.39 is 0 Å². The number of likely N-dealkylation sites (tertiary alicyclic amines) is 1. The summed E-state index contributed by atoms with van der Waals surface area (Å²) in [5.41, 5.74) is 1.52. The highest BCUT2D eigenvalue weighted by Gasteiger charge is 2.13. The summed E-state index contributed by atoms with van der Waals surface area (Å²) in [5.74, 6) is 0. The van der Waals surface area contributed by atoms with Crippen LogP contribution in [-0.2, 0) is 0 Å². The number of hydrogen-bond acceptors (Lipinski definition) is 1. The molecule has 0 aliphatic carbocycles. The number of allylic oxidation sites excluding steroid dienone is 2. The van der Waals surface area contributed by atoms with Crippen LogP contribution in [0.5, 0.6) is 0 Å². The lowest BCUT2D eigenvalue weighted by Gasteiger charge is -2.34. The van der Waals surface area contributed by atoms with Crippen LogP contribution in [-0.4, -0.2) is 18.0 Å². The minimum absolute atomic E-state index is 1.19. The highest BCUT2D eigenvalue weighted by molar-refractivity contribution is 5.01. The first kappa shape index (κ1) is 6.66. The Labute approximate surface area is 57.4 Å². The van der Waals surface area contributed by atoms with Gasteiger partial charge in [-0.15, -0.1) is 0 Å². The topological polar surface area (TPSA) is 3.24 Å². The summed E-state index contributed by atoms with van der Waals surface area (Å²) in [6.45, 7) is 6.91. The van der Waals surface area contributed by atoms with Crippen LogP contribution in [0.4, 0.5) is 0 Å². The van der Waals surface area contributed by atoms with E-state index in [2.05, 4.69) is 24.8 Å². The number of rotatable bonds is 2. The molecule has 1 heterocycles. The molecule has 9 heavy (non-hydrogen) atoms. The van der Waals surface area contributed by atoms with E-state index in [0.717, 1.165) is 0 Å². The summed E-state index contributed by atoms with van der Waals surface area (Å²) in [4.78, 5) is 2.44. The second kappa shape index (κ2) is 2.90. The molecule has 0 N–H and O–H groups in total. The van der Waals surface area contributed by atoms with Gasteiger partial charge in [0, 0.05) is 18.8 Å². The summed E-state index contributed by atoms with van der Waals surface area (Å²) in [5, 5.41) is 0. The lowest BCUT2D eigenvalue weighted by Crippen LogP contribution is -2.35. The van der Waals surface area contributed by atoms with Crippen molar-refractivity contribution in [2.45, 2.75) is 26.7 Å². The van der Waals surface area contributed by atoms with E-state index in [9.17, 15) is 0 Å². The van der Waals surface area contributed by atoms with Gasteiger partial charge < -0.3 is 4.90 Å². The van der Waals surface area contributed by atoms with E-state index in [0.29, 0.717) is 0 Å². The van der Waals surface area contributed by atoms with E-state index in [1.165, 1.54) is 31.6 Å². The molecule has 1 aliphatic heterocycles. The minimum atomic E-state index is 1.19. The SMILES string of the molecule is C/C=C(/CC)N1CCC1. The van der Waals surface area contributed by atoms with Crippen molar-refractivity contribution in [1.82, 2.24) is 4.90 Å². The van der Waals surface area contributed by atoms with E-state index in [-0.39, 0.29) is 0 Å². The lowest BCUT2D eigenvalue weighted by molar-refractivity contribution is 0.232. The predicted molar refractivity (Wildman–Crippen MR) is 40.2 cm³/mol. The van der Waals surface area contributed by atoms with Crippen molar-refractivity contribution < 1.29 is 0 Å². The molecule has 0 atom stereocenters. The molecule has 0 unspecified atom stereocenters. The fraction of sp³-hybridized carbons (Fsp3) is 0.750. The first-order valence-electron chi connectivity index (χ1n) is 3.78. The third kappa shape index (κ3) is 1.26. The van der Waals surface area contributed by atoms with Gasteiger partial charge >= 0.3 is 0 Å². The van der Waals surface area contributed by atoms with Crippen LogP contribution in [0.25, 0.3) is 0 Å². The summed E-state index contributed by atoms with van der Waals surface area (Å²) >= 11 is 0. The molecule has 0 radical (unpaired) electrons. The number of hydrogen-bond donors (Lipinski definition) is 0. The molecule has 1 heteroatoms. The Morgan fingerprint density at radius 1 is 1.56 bits per heavy atom. The highest BCUT2D eigenvalue weighted by Crippen LogP contribution is 2.16. The van der Waals surface area contributed by atoms with Gasteiger partial charge in [0.05, 0.1) is 0 Å². The van der Waals surface area contributed by atoms with Crippen molar-refractivity contribution >= 4 is 0 Å². The van der Waals surface area contributed by atoms with Gasteiger partial charge in [-0.3, -0.25) is 0 Å². The molecule has 0 spiro atoms. The van der Waals surface area contributed by atoms with Crippen LogP contribution in [0.15, 0.2) is 11.8 Å². The third-order valence-corrected chi connectivity index (χ3v) is 1.96. The van der Waals surface area contributed by atoms with Crippen LogP contribution < -0.4 is 0 Å². The first-order valence-corrected chi connectivity index (χ1v) is 3.78. The molecular weight excluding hydrogens is 110 g/mol. The van der Waals surface area contributed by atoms with E-state index >= 15 is 0 Å². The zero-order valence-corrected chi connectivity index (χ0v) is 6.35. The smallest absolute Gasteiger partial charge is 0.0191 e. The van der Waals surface area contributed by atoms with Crippen LogP contribution in [0.1, 0.15) is 26.7 Å². The molecule has 1 aliphatic rings. The third-order valence-electron chi connectivity index (χ3n) is 1.96. The Balaban J connectivity index is 2.37. The normalized spacial score (nSPS) is 19.8. The van der Waals surface area contributed by atoms with Gasteiger partial charge in [0.15, 0.2) is 0 Å². The van der Waals surface area contributed by atoms with Crippen molar-refractivity contribution in [3.05, 3.63) is 11.8 Å². The molecule has 0 saturated carbocycles. The maximum absolute atomic E-state index is 2.44. The van der Waals surface area contributed by atoms with Crippen LogP contribution in [0.3, 0.4) is 0 Å². The van der Waals surface area contributed by atoms with Crippen molar-refractivity contribution in [3.63, 3.8) is 0 Å². The second-order valence-electron chi connectivity index (χ2n) is 2.47. The van der Waals surface area contributed by atoms with Crippen LogP contribution in [0, 0.1) is 0 Å². The Morgan fingerprint density at radius 2 is 2.22 bits per heavy atom. The Bertz CT molecular complexity index is 112. The van der Waals surface area contributed by atoms with Gasteiger partial charge in [0.1, 0.15) is 0 Å². The summed E-state index contributed by atoms with van der Waals surface area (Å²) in [6.07, 6.45) is 4.80. The molecule has 0 amide bonds. The molecule has 1 rings (SSSR count). The van der Waals surface area contributed by atoms with Gasteiger partial charge in [0.25, 0.3) is 0 Å². The first-order chi connectivity index (χ1) is 4.38. The average Bonchev–Trinajstić information content (AvgIpc) is 1.78. The van der Waals surface area contributed by atoms with Crippen molar-refractivity contribution in [3.8, 4) is 0 Å². The fourth-order valence-corrected chi connectivity index (χ4v) is 1.21. The van der Waals surface area contributed by atoms with Gasteiger partial charge in [-0.05, 0) is 19.8 Å². The molecule has 52 valence electrons. The Hall–Kier alpha value is -0.460. The van der Waals surface area contributed by atoms with Gasteiger partial charge in [-0.1, -0.05) is 13.0 Å². The van der Waals surface area contributed by atoms with Crippen LogP contribution >= 0.6 is 0 Å². The lowest BCUT2D eigenvalue weighted by atomic mass is 10.1. The molecule has 0 bridgehead atoms. The summed E-state index contributed by atoms with van der Waals surface area (Å²) < 4.78 is 0. The van der Waals surface area contributed by atoms with Crippen molar-refractivity contribution in [2.75, 3.05) is 13.1 Å². The molecule has 0 aromatic heterocycles. The van der Waals surface area contributed by atoms with Crippen molar-refractivity contribution in [1.29, 1.82) is 0 Å². The Kier molecular flexibility index (Phi) is 2.15. The van der Waals surface area contributed by atoms with E-state index in [1.807, 2.05) is 0 Å². The van der Waals surface area contributed by atoms with Gasteiger partial charge in [-0.25, -0.2) is 0 Å². The highest BCUT2D eigenvalue weighted by atomic mass is 15.2. The summed E-state index contributed by atoms with van der Waals surface area (Å²) in [7, 11) is 0. The molecule has 1 nitrogen and oxygen atoms in total. The molecular formula is C8H15N. The molecule has 1 saturated heterocycles. The number of nitrogens with zero attached hydrogens (tertiary/aromatic N) is 1. The maximum Gasteiger partial charge on any atom is 0.0191 e. The van der Waals surface area contributed by atoms with E-state index in [1.54, 1.807) is 0 Å². The van der Waals surface area contributed by atoms with Crippen LogP contribution in [0.2, 0.25) is 0 Å². The summed E-state index contributed by atoms with van der Waals surface area (Å²) in [6, 6.07) is 0. The van der Waals surface area contributed by atoms with E-state index in [4.69, 9.17) is 0 Å². The molecule has 0 aromatic carbocycles. The second-order valence-corrected chi connectivity index (χ2v) is 2.47. The van der Waals surface area contributed by atoms with Crippen molar-refractivity contribution in [2.24, 2.45) is 0 Å². The zero-order chi connectivity index (χ0) is 6.69. The standard InChI is InChI=1S/C8H15N/c1-3-8(4-2)9-6-5-7-9/h3H,4-7H2,1-2H3/b8-3-. The molecule has 1 fully saturated rings. The fourth-order valence-electron chi connectivity index (χ4n) is 1.21. The minimum Gasteiger partial charge on any atom is -0.375 e. The monoisotopic (exact) mass is 125 g/mol. The quantitative estimate of drug-likeness (QED) is 0.545. The van der Waals surface area contributed by atoms with Gasteiger partial charge in [0.2, 0.25) is 0 Å². The molecule has 0 aromatic rings.